The molecule has 3 fully saturated rings. The van der Waals surface area contributed by atoms with Crippen molar-refractivity contribution in [1.29, 1.82) is 0 Å². The SMILES string of the molecule is CCc1cnc(N2C[C@H]3C[C@H](C(=O)N4CCOCC4)[C@@H](C2)O3)nc1. The number of hydrogen-bond acceptors (Lipinski definition) is 6. The quantitative estimate of drug-likeness (QED) is 0.803. The Kier molecular flexibility index (Phi) is 4.37. The van der Waals surface area contributed by atoms with E-state index in [1.807, 2.05) is 17.3 Å². The fourth-order valence-electron chi connectivity index (χ4n) is 3.79. The van der Waals surface area contributed by atoms with E-state index in [1.165, 1.54) is 0 Å². The Morgan fingerprint density at radius 1 is 1.25 bits per heavy atom. The summed E-state index contributed by atoms with van der Waals surface area (Å²) in [6, 6.07) is 0. The van der Waals surface area contributed by atoms with Crippen LogP contribution in [0.25, 0.3) is 0 Å². The molecule has 4 heterocycles. The van der Waals surface area contributed by atoms with Crippen LogP contribution >= 0.6 is 0 Å². The number of fused-ring (bicyclic) bond motifs is 2. The molecule has 1 aromatic rings. The number of carbonyl (C=O) groups is 1. The molecule has 0 aliphatic carbocycles. The van der Waals surface area contributed by atoms with E-state index in [0.717, 1.165) is 30.9 Å². The summed E-state index contributed by atoms with van der Waals surface area (Å²) in [5, 5.41) is 0. The van der Waals surface area contributed by atoms with Gasteiger partial charge in [-0.1, -0.05) is 6.92 Å². The maximum Gasteiger partial charge on any atom is 0.228 e. The maximum absolute atomic E-state index is 12.8. The van der Waals surface area contributed by atoms with Crippen LogP contribution in [0.3, 0.4) is 0 Å². The third kappa shape index (κ3) is 2.98. The van der Waals surface area contributed by atoms with Gasteiger partial charge in [-0.05, 0) is 18.4 Å². The lowest BCUT2D eigenvalue weighted by atomic mass is 9.98. The van der Waals surface area contributed by atoms with Gasteiger partial charge in [-0.25, -0.2) is 9.97 Å². The number of nitrogens with zero attached hydrogens (tertiary/aromatic N) is 4. The first-order chi connectivity index (χ1) is 11.7. The molecule has 4 rings (SSSR count). The molecule has 1 amide bonds. The molecule has 7 heteroatoms. The molecular formula is C17H24N4O3. The average molecular weight is 332 g/mol. The van der Waals surface area contributed by atoms with Crippen molar-refractivity contribution in [2.24, 2.45) is 5.92 Å². The van der Waals surface area contributed by atoms with E-state index in [4.69, 9.17) is 9.47 Å². The van der Waals surface area contributed by atoms with Crippen molar-refractivity contribution in [2.45, 2.75) is 32.0 Å². The first kappa shape index (κ1) is 15.8. The van der Waals surface area contributed by atoms with Gasteiger partial charge in [0.05, 0.1) is 31.3 Å². The lowest BCUT2D eigenvalue weighted by molar-refractivity contribution is -0.141. The molecule has 24 heavy (non-hydrogen) atoms. The minimum absolute atomic E-state index is 0.0481. The Hall–Kier alpha value is -1.73. The van der Waals surface area contributed by atoms with E-state index in [1.54, 1.807) is 0 Å². The number of ether oxygens (including phenoxy) is 2. The third-order valence-corrected chi connectivity index (χ3v) is 5.18. The van der Waals surface area contributed by atoms with E-state index in [-0.39, 0.29) is 24.0 Å². The number of amides is 1. The van der Waals surface area contributed by atoms with Gasteiger partial charge in [0, 0.05) is 38.6 Å². The second-order valence-electron chi connectivity index (χ2n) is 6.73. The van der Waals surface area contributed by atoms with Crippen molar-refractivity contribution in [2.75, 3.05) is 44.3 Å². The largest absolute Gasteiger partial charge is 0.378 e. The minimum Gasteiger partial charge on any atom is -0.378 e. The van der Waals surface area contributed by atoms with Gasteiger partial charge in [-0.3, -0.25) is 4.79 Å². The summed E-state index contributed by atoms with van der Waals surface area (Å²) < 4.78 is 11.4. The maximum atomic E-state index is 12.8. The predicted molar refractivity (Wildman–Crippen MR) is 87.8 cm³/mol. The number of morpholine rings is 2. The highest BCUT2D eigenvalue weighted by Crippen LogP contribution is 2.34. The predicted octanol–water partition coefficient (Wildman–Crippen LogP) is 0.492. The summed E-state index contributed by atoms with van der Waals surface area (Å²) in [5.41, 5.74) is 1.13. The number of aryl methyl sites for hydroxylation is 1. The van der Waals surface area contributed by atoms with Gasteiger partial charge < -0.3 is 19.3 Å². The fraction of sp³-hybridized carbons (Fsp3) is 0.706. The molecule has 3 atom stereocenters. The molecule has 130 valence electrons. The van der Waals surface area contributed by atoms with Crippen LogP contribution < -0.4 is 4.90 Å². The van der Waals surface area contributed by atoms with Crippen LogP contribution in [0, 0.1) is 5.92 Å². The third-order valence-electron chi connectivity index (χ3n) is 5.18. The molecule has 7 nitrogen and oxygen atoms in total. The summed E-state index contributed by atoms with van der Waals surface area (Å²) in [6.07, 6.45) is 5.53. The summed E-state index contributed by atoms with van der Waals surface area (Å²) in [6.45, 7) is 6.19. The van der Waals surface area contributed by atoms with E-state index in [9.17, 15) is 4.79 Å². The summed E-state index contributed by atoms with van der Waals surface area (Å²) >= 11 is 0. The van der Waals surface area contributed by atoms with Crippen LogP contribution in [0.2, 0.25) is 0 Å². The van der Waals surface area contributed by atoms with Crippen LogP contribution in [0.15, 0.2) is 12.4 Å². The molecular weight excluding hydrogens is 308 g/mol. The topological polar surface area (TPSA) is 67.8 Å². The Morgan fingerprint density at radius 3 is 2.71 bits per heavy atom. The number of aromatic nitrogens is 2. The minimum atomic E-state index is -0.0615. The molecule has 0 radical (unpaired) electrons. The van der Waals surface area contributed by atoms with Crippen LogP contribution in [0.5, 0.6) is 0 Å². The summed E-state index contributed by atoms with van der Waals surface area (Å²) in [7, 11) is 0. The lowest BCUT2D eigenvalue weighted by Crippen LogP contribution is -2.48. The Morgan fingerprint density at radius 2 is 2.00 bits per heavy atom. The van der Waals surface area contributed by atoms with Crippen LogP contribution in [0.1, 0.15) is 18.9 Å². The van der Waals surface area contributed by atoms with Crippen molar-refractivity contribution in [1.82, 2.24) is 14.9 Å². The van der Waals surface area contributed by atoms with Crippen molar-refractivity contribution in [3.05, 3.63) is 18.0 Å². The molecule has 0 saturated carbocycles. The molecule has 1 aromatic heterocycles. The molecule has 3 saturated heterocycles. The lowest BCUT2D eigenvalue weighted by Gasteiger charge is -2.34. The zero-order valence-corrected chi connectivity index (χ0v) is 14.1. The molecule has 2 bridgehead atoms. The second kappa shape index (κ2) is 6.64. The Labute approximate surface area is 142 Å². The summed E-state index contributed by atoms with van der Waals surface area (Å²) in [4.78, 5) is 25.8. The highest BCUT2D eigenvalue weighted by atomic mass is 16.5. The average Bonchev–Trinajstić information content (AvgIpc) is 2.95. The van der Waals surface area contributed by atoms with Crippen molar-refractivity contribution >= 4 is 11.9 Å². The van der Waals surface area contributed by atoms with E-state index in [0.29, 0.717) is 32.8 Å². The first-order valence-electron chi connectivity index (χ1n) is 8.82. The van der Waals surface area contributed by atoms with Crippen molar-refractivity contribution in [3.8, 4) is 0 Å². The fourth-order valence-corrected chi connectivity index (χ4v) is 3.79. The van der Waals surface area contributed by atoms with Crippen LogP contribution in [-0.4, -0.2) is 72.4 Å². The monoisotopic (exact) mass is 332 g/mol. The van der Waals surface area contributed by atoms with Gasteiger partial charge in [0.15, 0.2) is 0 Å². The van der Waals surface area contributed by atoms with Gasteiger partial charge in [-0.2, -0.15) is 0 Å². The van der Waals surface area contributed by atoms with E-state index >= 15 is 0 Å². The zero-order valence-electron chi connectivity index (χ0n) is 14.1. The van der Waals surface area contributed by atoms with Crippen LogP contribution in [-0.2, 0) is 20.7 Å². The number of anilines is 1. The van der Waals surface area contributed by atoms with E-state index in [2.05, 4.69) is 21.8 Å². The normalized spacial score (nSPS) is 29.8. The molecule has 0 spiro atoms. The molecule has 0 N–H and O–H groups in total. The number of carbonyl (C=O) groups excluding carboxylic acids is 1. The standard InChI is InChI=1S/C17H24N4O3/c1-2-12-8-18-17(19-9-12)21-10-13-7-14(15(11-21)24-13)16(22)20-3-5-23-6-4-20/h8-9,13-15H,2-7,10-11H2,1H3/t13-,14+,15-/m1/s1. The Bertz CT molecular complexity index is 588. The van der Waals surface area contributed by atoms with Gasteiger partial charge in [0.1, 0.15) is 0 Å². The van der Waals surface area contributed by atoms with Gasteiger partial charge in [0.25, 0.3) is 0 Å². The zero-order chi connectivity index (χ0) is 16.5. The molecule has 0 aromatic carbocycles. The van der Waals surface area contributed by atoms with E-state index < -0.39 is 0 Å². The first-order valence-corrected chi connectivity index (χ1v) is 8.82. The van der Waals surface area contributed by atoms with Gasteiger partial charge in [0.2, 0.25) is 11.9 Å². The highest BCUT2D eigenvalue weighted by molar-refractivity contribution is 5.80. The smallest absolute Gasteiger partial charge is 0.228 e. The molecule has 3 aliphatic heterocycles. The number of rotatable bonds is 3. The summed E-state index contributed by atoms with van der Waals surface area (Å²) in [5.74, 6) is 0.910. The van der Waals surface area contributed by atoms with Gasteiger partial charge >= 0.3 is 0 Å². The number of hydrogen-bond donors (Lipinski definition) is 0. The molecule has 0 unspecified atom stereocenters. The van der Waals surface area contributed by atoms with Crippen LogP contribution in [0.4, 0.5) is 5.95 Å². The van der Waals surface area contributed by atoms with Crippen molar-refractivity contribution in [3.63, 3.8) is 0 Å². The second-order valence-corrected chi connectivity index (χ2v) is 6.73. The molecule has 3 aliphatic rings. The van der Waals surface area contributed by atoms with Crippen molar-refractivity contribution < 1.29 is 14.3 Å². The Balaban J connectivity index is 1.44. The highest BCUT2D eigenvalue weighted by Gasteiger charge is 2.46. The van der Waals surface area contributed by atoms with Gasteiger partial charge in [-0.15, -0.1) is 0 Å².